The maximum absolute atomic E-state index is 12.1. The first kappa shape index (κ1) is 20.4. The second-order valence-electron chi connectivity index (χ2n) is 5.71. The van der Waals surface area contributed by atoms with Crippen molar-refractivity contribution in [3.05, 3.63) is 52.5 Å². The number of amides is 1. The van der Waals surface area contributed by atoms with Crippen LogP contribution >= 0.6 is 11.6 Å². The van der Waals surface area contributed by atoms with Crippen molar-refractivity contribution in [1.29, 1.82) is 0 Å². The number of esters is 1. The zero-order valence-corrected chi connectivity index (χ0v) is 16.0. The van der Waals surface area contributed by atoms with E-state index in [2.05, 4.69) is 5.32 Å². The SMILES string of the molecule is COc1ccc(OC)c(C(C)NC(=O)COC(=O)c2ccc(Cl)c(N)c2)c1. The molecule has 0 heterocycles. The number of benzene rings is 2. The van der Waals surface area contributed by atoms with E-state index in [1.165, 1.54) is 18.2 Å². The Balaban J connectivity index is 1.97. The highest BCUT2D eigenvalue weighted by atomic mass is 35.5. The number of halogens is 1. The summed E-state index contributed by atoms with van der Waals surface area (Å²) in [6, 6.07) is 9.26. The Kier molecular flexibility index (Phi) is 6.90. The Morgan fingerprint density at radius 2 is 1.89 bits per heavy atom. The molecular weight excluding hydrogens is 372 g/mol. The molecule has 0 aromatic heterocycles. The Bertz CT molecular complexity index is 841. The van der Waals surface area contributed by atoms with Crippen LogP contribution in [0.2, 0.25) is 5.02 Å². The van der Waals surface area contributed by atoms with Crippen molar-refractivity contribution in [2.75, 3.05) is 26.6 Å². The van der Waals surface area contributed by atoms with E-state index in [9.17, 15) is 9.59 Å². The molecular formula is C19H21ClN2O5. The Hall–Kier alpha value is -2.93. The maximum Gasteiger partial charge on any atom is 0.338 e. The summed E-state index contributed by atoms with van der Waals surface area (Å²) in [4.78, 5) is 24.1. The van der Waals surface area contributed by atoms with Crippen LogP contribution in [-0.2, 0) is 9.53 Å². The molecule has 144 valence electrons. The number of nitrogens with two attached hydrogens (primary N) is 1. The van der Waals surface area contributed by atoms with Crippen LogP contribution in [0.15, 0.2) is 36.4 Å². The molecule has 1 unspecified atom stereocenters. The molecule has 0 fully saturated rings. The number of ether oxygens (including phenoxy) is 3. The fraction of sp³-hybridized carbons (Fsp3) is 0.263. The second-order valence-corrected chi connectivity index (χ2v) is 6.12. The van der Waals surface area contributed by atoms with E-state index in [0.717, 1.165) is 5.56 Å². The summed E-state index contributed by atoms with van der Waals surface area (Å²) in [5.41, 5.74) is 6.87. The molecule has 27 heavy (non-hydrogen) atoms. The summed E-state index contributed by atoms with van der Waals surface area (Å²) in [6.45, 7) is 1.36. The first-order chi connectivity index (χ1) is 12.8. The van der Waals surface area contributed by atoms with Crippen LogP contribution in [0.25, 0.3) is 0 Å². The van der Waals surface area contributed by atoms with E-state index in [1.54, 1.807) is 39.3 Å². The number of hydrogen-bond donors (Lipinski definition) is 2. The third-order valence-electron chi connectivity index (χ3n) is 3.85. The lowest BCUT2D eigenvalue weighted by atomic mass is 10.1. The van der Waals surface area contributed by atoms with Gasteiger partial charge < -0.3 is 25.3 Å². The van der Waals surface area contributed by atoms with Gasteiger partial charge in [0.2, 0.25) is 0 Å². The highest BCUT2D eigenvalue weighted by molar-refractivity contribution is 6.33. The topological polar surface area (TPSA) is 99.9 Å². The highest BCUT2D eigenvalue weighted by Gasteiger charge is 2.17. The van der Waals surface area contributed by atoms with Gasteiger partial charge in [-0.3, -0.25) is 4.79 Å². The van der Waals surface area contributed by atoms with Crippen LogP contribution in [0.3, 0.4) is 0 Å². The van der Waals surface area contributed by atoms with E-state index in [0.29, 0.717) is 16.5 Å². The number of carbonyl (C=O) groups is 2. The van der Waals surface area contributed by atoms with Gasteiger partial charge in [-0.2, -0.15) is 0 Å². The Morgan fingerprint density at radius 1 is 1.15 bits per heavy atom. The molecule has 0 radical (unpaired) electrons. The molecule has 0 bridgehead atoms. The van der Waals surface area contributed by atoms with Crippen molar-refractivity contribution in [3.8, 4) is 11.5 Å². The molecule has 7 nitrogen and oxygen atoms in total. The number of nitrogen functional groups attached to an aromatic ring is 1. The maximum atomic E-state index is 12.1. The minimum Gasteiger partial charge on any atom is -0.497 e. The normalized spacial score (nSPS) is 11.4. The van der Waals surface area contributed by atoms with E-state index in [-0.39, 0.29) is 17.3 Å². The molecule has 2 aromatic carbocycles. The quantitative estimate of drug-likeness (QED) is 0.555. The van der Waals surface area contributed by atoms with Gasteiger partial charge in [0.1, 0.15) is 11.5 Å². The molecule has 8 heteroatoms. The standard InChI is InChI=1S/C19H21ClN2O5/c1-11(14-9-13(25-2)5-7-17(14)26-3)22-18(23)10-27-19(24)12-4-6-15(20)16(21)8-12/h4-9,11H,10,21H2,1-3H3,(H,22,23). The number of carbonyl (C=O) groups excluding carboxylic acids is 2. The molecule has 0 saturated carbocycles. The predicted octanol–water partition coefficient (Wildman–Crippen LogP) is 2.97. The van der Waals surface area contributed by atoms with E-state index in [4.69, 9.17) is 31.5 Å². The lowest BCUT2D eigenvalue weighted by Gasteiger charge is -2.18. The van der Waals surface area contributed by atoms with Gasteiger partial charge in [-0.25, -0.2) is 4.79 Å². The van der Waals surface area contributed by atoms with Gasteiger partial charge in [0.05, 0.1) is 36.5 Å². The number of anilines is 1. The number of methoxy groups -OCH3 is 2. The van der Waals surface area contributed by atoms with Gasteiger partial charge in [-0.1, -0.05) is 11.6 Å². The van der Waals surface area contributed by atoms with Crippen molar-refractivity contribution in [3.63, 3.8) is 0 Å². The summed E-state index contributed by atoms with van der Waals surface area (Å²) in [5, 5.41) is 3.09. The van der Waals surface area contributed by atoms with Gasteiger partial charge in [-0.05, 0) is 43.3 Å². The van der Waals surface area contributed by atoms with Gasteiger partial charge in [0.15, 0.2) is 6.61 Å². The van der Waals surface area contributed by atoms with Crippen LogP contribution in [0.5, 0.6) is 11.5 Å². The molecule has 0 saturated heterocycles. The van der Waals surface area contributed by atoms with E-state index < -0.39 is 18.5 Å². The molecule has 0 aliphatic heterocycles. The summed E-state index contributed by atoms with van der Waals surface area (Å²) in [6.07, 6.45) is 0. The first-order valence-corrected chi connectivity index (χ1v) is 8.47. The third kappa shape index (κ3) is 5.27. The summed E-state index contributed by atoms with van der Waals surface area (Å²) in [7, 11) is 3.09. The molecule has 2 rings (SSSR count). The van der Waals surface area contributed by atoms with Crippen LogP contribution in [-0.4, -0.2) is 32.7 Å². The average Bonchev–Trinajstić information content (AvgIpc) is 2.67. The van der Waals surface area contributed by atoms with Crippen molar-refractivity contribution in [1.82, 2.24) is 5.32 Å². The summed E-state index contributed by atoms with van der Waals surface area (Å²) < 4.78 is 15.5. The van der Waals surface area contributed by atoms with E-state index in [1.807, 2.05) is 0 Å². The first-order valence-electron chi connectivity index (χ1n) is 8.09. The highest BCUT2D eigenvalue weighted by Crippen LogP contribution is 2.29. The number of nitrogens with one attached hydrogen (secondary N) is 1. The molecule has 3 N–H and O–H groups in total. The van der Waals surface area contributed by atoms with Crippen LogP contribution in [0.4, 0.5) is 5.69 Å². The molecule has 1 atom stereocenters. The van der Waals surface area contributed by atoms with Gasteiger partial charge >= 0.3 is 5.97 Å². The number of hydrogen-bond acceptors (Lipinski definition) is 6. The van der Waals surface area contributed by atoms with E-state index >= 15 is 0 Å². The van der Waals surface area contributed by atoms with Crippen molar-refractivity contribution in [2.24, 2.45) is 0 Å². The third-order valence-corrected chi connectivity index (χ3v) is 4.19. The smallest absolute Gasteiger partial charge is 0.338 e. The van der Waals surface area contributed by atoms with Gasteiger partial charge in [-0.15, -0.1) is 0 Å². The van der Waals surface area contributed by atoms with Crippen molar-refractivity contribution < 1.29 is 23.8 Å². The zero-order valence-electron chi connectivity index (χ0n) is 15.2. The summed E-state index contributed by atoms with van der Waals surface area (Å²) >= 11 is 5.81. The van der Waals surface area contributed by atoms with Gasteiger partial charge in [0.25, 0.3) is 5.91 Å². The predicted molar refractivity (Wildman–Crippen MR) is 102 cm³/mol. The van der Waals surface area contributed by atoms with Crippen molar-refractivity contribution in [2.45, 2.75) is 13.0 Å². The Morgan fingerprint density at radius 3 is 2.52 bits per heavy atom. The monoisotopic (exact) mass is 392 g/mol. The lowest BCUT2D eigenvalue weighted by Crippen LogP contribution is -2.31. The lowest BCUT2D eigenvalue weighted by molar-refractivity contribution is -0.124. The fourth-order valence-corrected chi connectivity index (χ4v) is 2.54. The van der Waals surface area contributed by atoms with Crippen molar-refractivity contribution >= 4 is 29.2 Å². The second kappa shape index (κ2) is 9.14. The minimum atomic E-state index is -0.667. The van der Waals surface area contributed by atoms with Crippen LogP contribution in [0, 0.1) is 0 Å². The molecule has 0 spiro atoms. The summed E-state index contributed by atoms with van der Waals surface area (Å²) in [5.74, 6) is 0.124. The minimum absolute atomic E-state index is 0.215. The van der Waals surface area contributed by atoms with Crippen LogP contribution in [0.1, 0.15) is 28.9 Å². The molecule has 0 aliphatic carbocycles. The molecule has 1 amide bonds. The Labute approximate surface area is 162 Å². The van der Waals surface area contributed by atoms with Crippen LogP contribution < -0.4 is 20.5 Å². The number of rotatable bonds is 7. The molecule has 0 aliphatic rings. The fourth-order valence-electron chi connectivity index (χ4n) is 2.42. The van der Waals surface area contributed by atoms with Gasteiger partial charge in [0, 0.05) is 5.56 Å². The molecule has 2 aromatic rings. The average molecular weight is 393 g/mol. The largest absolute Gasteiger partial charge is 0.497 e. The zero-order chi connectivity index (χ0) is 20.0.